The van der Waals surface area contributed by atoms with Gasteiger partial charge in [-0.25, -0.2) is 0 Å². The molecule has 5 nitrogen and oxygen atoms in total. The number of benzene rings is 3. The standard InChI is InChI=1S/C25H25NO4/c1-19(2)18-30-24-10-6-7-21(17-24)26-25(27)20-11-13-23(14-12-20)29-16-15-28-22-8-4-3-5-9-22/h3-14,17H,1,15-16,18H2,2H3,(H,26,27). The topological polar surface area (TPSA) is 56.8 Å². The molecule has 0 unspecified atom stereocenters. The van der Waals surface area contributed by atoms with Gasteiger partial charge in [-0.3, -0.25) is 4.79 Å². The minimum Gasteiger partial charge on any atom is -0.490 e. The first-order valence-electron chi connectivity index (χ1n) is 9.69. The number of carbonyl (C=O) groups excluding carboxylic acids is 1. The average molecular weight is 403 g/mol. The number of amides is 1. The number of hydrogen-bond acceptors (Lipinski definition) is 4. The van der Waals surface area contributed by atoms with E-state index >= 15 is 0 Å². The summed E-state index contributed by atoms with van der Waals surface area (Å²) in [4.78, 5) is 12.5. The van der Waals surface area contributed by atoms with Crippen LogP contribution in [0, 0.1) is 0 Å². The molecule has 0 saturated heterocycles. The predicted molar refractivity (Wildman–Crippen MR) is 119 cm³/mol. The largest absolute Gasteiger partial charge is 0.490 e. The zero-order valence-corrected chi connectivity index (χ0v) is 17.0. The van der Waals surface area contributed by atoms with Crippen LogP contribution in [0.5, 0.6) is 17.2 Å². The molecule has 154 valence electrons. The van der Waals surface area contributed by atoms with Crippen LogP contribution >= 0.6 is 0 Å². The second-order valence-corrected chi connectivity index (χ2v) is 6.76. The molecular weight excluding hydrogens is 378 g/mol. The zero-order valence-electron chi connectivity index (χ0n) is 17.0. The van der Waals surface area contributed by atoms with Gasteiger partial charge in [-0.05, 0) is 61.0 Å². The molecule has 0 bridgehead atoms. The Labute approximate surface area is 176 Å². The van der Waals surface area contributed by atoms with Crippen molar-refractivity contribution in [2.24, 2.45) is 0 Å². The van der Waals surface area contributed by atoms with E-state index < -0.39 is 0 Å². The predicted octanol–water partition coefficient (Wildman–Crippen LogP) is 5.35. The number of nitrogens with one attached hydrogen (secondary N) is 1. The normalized spacial score (nSPS) is 10.2. The number of ether oxygens (including phenoxy) is 3. The van der Waals surface area contributed by atoms with Crippen LogP contribution in [0.15, 0.2) is 91.0 Å². The van der Waals surface area contributed by atoms with E-state index in [0.717, 1.165) is 11.3 Å². The second-order valence-electron chi connectivity index (χ2n) is 6.76. The molecule has 0 aromatic heterocycles. The highest BCUT2D eigenvalue weighted by Gasteiger charge is 2.07. The first-order chi connectivity index (χ1) is 14.6. The first-order valence-corrected chi connectivity index (χ1v) is 9.69. The Balaban J connectivity index is 1.47. The molecule has 0 atom stereocenters. The van der Waals surface area contributed by atoms with Gasteiger partial charge in [-0.1, -0.05) is 30.8 Å². The van der Waals surface area contributed by atoms with Gasteiger partial charge in [-0.15, -0.1) is 0 Å². The van der Waals surface area contributed by atoms with E-state index in [2.05, 4.69) is 11.9 Å². The van der Waals surface area contributed by atoms with Crippen molar-refractivity contribution in [3.8, 4) is 17.2 Å². The van der Waals surface area contributed by atoms with Crippen molar-refractivity contribution in [2.75, 3.05) is 25.1 Å². The molecule has 0 aliphatic heterocycles. The summed E-state index contributed by atoms with van der Waals surface area (Å²) in [6.07, 6.45) is 0. The molecule has 30 heavy (non-hydrogen) atoms. The van der Waals surface area contributed by atoms with E-state index in [9.17, 15) is 4.79 Å². The van der Waals surface area contributed by atoms with Gasteiger partial charge in [0.25, 0.3) is 5.91 Å². The van der Waals surface area contributed by atoms with Gasteiger partial charge >= 0.3 is 0 Å². The summed E-state index contributed by atoms with van der Waals surface area (Å²) in [6, 6.07) is 23.8. The molecule has 3 aromatic carbocycles. The van der Waals surface area contributed by atoms with E-state index in [-0.39, 0.29) is 5.91 Å². The number of carbonyl (C=O) groups is 1. The Morgan fingerprint density at radius 1 is 0.800 bits per heavy atom. The monoisotopic (exact) mass is 403 g/mol. The zero-order chi connectivity index (χ0) is 21.2. The lowest BCUT2D eigenvalue weighted by atomic mass is 10.2. The second kappa shape index (κ2) is 10.7. The quantitative estimate of drug-likeness (QED) is 0.366. The molecular formula is C25H25NO4. The highest BCUT2D eigenvalue weighted by Crippen LogP contribution is 2.19. The van der Waals surface area contributed by atoms with Gasteiger partial charge in [0.15, 0.2) is 0 Å². The van der Waals surface area contributed by atoms with Gasteiger partial charge in [0.05, 0.1) is 0 Å². The maximum atomic E-state index is 12.5. The Morgan fingerprint density at radius 2 is 1.43 bits per heavy atom. The van der Waals surface area contributed by atoms with Crippen molar-refractivity contribution >= 4 is 11.6 Å². The van der Waals surface area contributed by atoms with E-state index in [4.69, 9.17) is 14.2 Å². The SMILES string of the molecule is C=C(C)COc1cccc(NC(=O)c2ccc(OCCOc3ccccc3)cc2)c1. The fourth-order valence-electron chi connectivity index (χ4n) is 2.61. The van der Waals surface area contributed by atoms with Gasteiger partial charge < -0.3 is 19.5 Å². The highest BCUT2D eigenvalue weighted by molar-refractivity contribution is 6.04. The maximum Gasteiger partial charge on any atom is 0.255 e. The van der Waals surface area contributed by atoms with E-state index in [0.29, 0.717) is 42.6 Å². The van der Waals surface area contributed by atoms with Gasteiger partial charge in [0.2, 0.25) is 0 Å². The molecule has 5 heteroatoms. The molecule has 0 fully saturated rings. The molecule has 1 N–H and O–H groups in total. The number of anilines is 1. The van der Waals surface area contributed by atoms with Crippen molar-refractivity contribution in [2.45, 2.75) is 6.92 Å². The molecule has 0 radical (unpaired) electrons. The molecule has 0 aliphatic rings. The van der Waals surface area contributed by atoms with Crippen molar-refractivity contribution in [1.82, 2.24) is 0 Å². The lowest BCUT2D eigenvalue weighted by Crippen LogP contribution is -2.12. The maximum absolute atomic E-state index is 12.5. The van der Waals surface area contributed by atoms with Crippen LogP contribution in [0.1, 0.15) is 17.3 Å². The van der Waals surface area contributed by atoms with Crippen LogP contribution in [-0.2, 0) is 0 Å². The Hall–Kier alpha value is -3.73. The van der Waals surface area contributed by atoms with Crippen molar-refractivity contribution in [1.29, 1.82) is 0 Å². The van der Waals surface area contributed by atoms with E-state index in [1.807, 2.05) is 55.5 Å². The number of para-hydroxylation sites is 1. The highest BCUT2D eigenvalue weighted by atomic mass is 16.5. The third kappa shape index (κ3) is 6.71. The minimum absolute atomic E-state index is 0.203. The average Bonchev–Trinajstić information content (AvgIpc) is 2.77. The minimum atomic E-state index is -0.203. The summed E-state index contributed by atoms with van der Waals surface area (Å²) in [5.41, 5.74) is 2.13. The third-order valence-electron chi connectivity index (χ3n) is 4.06. The number of hydrogen-bond donors (Lipinski definition) is 1. The third-order valence-corrected chi connectivity index (χ3v) is 4.06. The Bertz CT molecular complexity index is 968. The summed E-state index contributed by atoms with van der Waals surface area (Å²) >= 11 is 0. The lowest BCUT2D eigenvalue weighted by molar-refractivity contribution is 0.102. The van der Waals surface area contributed by atoms with Crippen LogP contribution in [-0.4, -0.2) is 25.7 Å². The number of rotatable bonds is 10. The molecule has 0 saturated carbocycles. The van der Waals surface area contributed by atoms with Crippen LogP contribution in [0.4, 0.5) is 5.69 Å². The van der Waals surface area contributed by atoms with Crippen molar-refractivity contribution < 1.29 is 19.0 Å². The summed E-state index contributed by atoms with van der Waals surface area (Å²) in [5, 5.41) is 2.87. The van der Waals surface area contributed by atoms with Gasteiger partial charge in [0, 0.05) is 17.3 Å². The molecule has 3 rings (SSSR count). The smallest absolute Gasteiger partial charge is 0.255 e. The van der Waals surface area contributed by atoms with Crippen LogP contribution in [0.2, 0.25) is 0 Å². The summed E-state index contributed by atoms with van der Waals surface area (Å²) in [5.74, 6) is 1.96. The Morgan fingerprint density at radius 3 is 2.10 bits per heavy atom. The summed E-state index contributed by atoms with van der Waals surface area (Å²) < 4.78 is 16.9. The van der Waals surface area contributed by atoms with Crippen molar-refractivity contribution in [3.05, 3.63) is 96.6 Å². The van der Waals surface area contributed by atoms with Gasteiger partial charge in [-0.2, -0.15) is 0 Å². The summed E-state index contributed by atoms with van der Waals surface area (Å²) in [6.45, 7) is 7.01. The fourth-order valence-corrected chi connectivity index (χ4v) is 2.61. The van der Waals surface area contributed by atoms with Crippen molar-refractivity contribution in [3.63, 3.8) is 0 Å². The Kier molecular flexibility index (Phi) is 7.50. The van der Waals surface area contributed by atoms with Crippen LogP contribution in [0.25, 0.3) is 0 Å². The molecule has 1 amide bonds. The van der Waals surface area contributed by atoms with E-state index in [1.165, 1.54) is 0 Å². The van der Waals surface area contributed by atoms with E-state index in [1.54, 1.807) is 30.3 Å². The van der Waals surface area contributed by atoms with Gasteiger partial charge in [0.1, 0.15) is 37.1 Å². The molecule has 0 spiro atoms. The first kappa shape index (κ1) is 21.0. The fraction of sp³-hybridized carbons (Fsp3) is 0.160. The van der Waals surface area contributed by atoms with Crippen LogP contribution in [0.3, 0.4) is 0 Å². The summed E-state index contributed by atoms with van der Waals surface area (Å²) in [7, 11) is 0. The molecule has 0 aliphatic carbocycles. The van der Waals surface area contributed by atoms with Crippen LogP contribution < -0.4 is 19.5 Å². The molecule has 0 heterocycles. The lowest BCUT2D eigenvalue weighted by Gasteiger charge is -2.10. The molecule has 3 aromatic rings.